The van der Waals surface area contributed by atoms with Gasteiger partial charge in [-0.2, -0.15) is 0 Å². The van der Waals surface area contributed by atoms with Gasteiger partial charge >= 0.3 is 5.97 Å². The first-order valence-electron chi connectivity index (χ1n) is 5.96. The van der Waals surface area contributed by atoms with E-state index in [1.165, 1.54) is 7.11 Å². The van der Waals surface area contributed by atoms with E-state index >= 15 is 0 Å². The summed E-state index contributed by atoms with van der Waals surface area (Å²) in [6, 6.07) is 12.8. The van der Waals surface area contributed by atoms with Crippen LogP contribution >= 0.6 is 27.5 Å². The van der Waals surface area contributed by atoms with Crippen LogP contribution in [0.3, 0.4) is 0 Å². The number of hydrogen-bond acceptors (Lipinski definition) is 3. The number of hydrogen-bond donors (Lipinski definition) is 1. The third kappa shape index (κ3) is 3.74. The molecule has 0 aliphatic carbocycles. The molecular weight excluding hydrogens is 342 g/mol. The minimum Gasteiger partial charge on any atom is -0.465 e. The van der Waals surface area contributed by atoms with Crippen molar-refractivity contribution in [1.29, 1.82) is 0 Å². The van der Waals surface area contributed by atoms with Gasteiger partial charge in [0, 0.05) is 16.0 Å². The average Bonchev–Trinajstić information content (AvgIpc) is 2.48. The van der Waals surface area contributed by atoms with Gasteiger partial charge in [0.15, 0.2) is 0 Å². The van der Waals surface area contributed by atoms with E-state index in [0.717, 1.165) is 15.7 Å². The lowest BCUT2D eigenvalue weighted by atomic mass is 10.1. The van der Waals surface area contributed by atoms with Crippen molar-refractivity contribution in [3.8, 4) is 0 Å². The van der Waals surface area contributed by atoms with Crippen LogP contribution in [-0.2, 0) is 11.3 Å². The molecule has 0 atom stereocenters. The van der Waals surface area contributed by atoms with Crippen molar-refractivity contribution in [2.24, 2.45) is 0 Å². The second kappa shape index (κ2) is 6.77. The lowest BCUT2D eigenvalue weighted by molar-refractivity contribution is 0.0600. The number of methoxy groups -OCH3 is 1. The summed E-state index contributed by atoms with van der Waals surface area (Å²) in [7, 11) is 1.37. The normalized spacial score (nSPS) is 10.2. The van der Waals surface area contributed by atoms with Crippen LogP contribution in [0, 0.1) is 0 Å². The Bertz CT molecular complexity index is 614. The number of rotatable bonds is 4. The molecule has 0 bridgehead atoms. The third-order valence-corrected chi connectivity index (χ3v) is 3.71. The fourth-order valence-corrected chi connectivity index (χ4v) is 2.27. The monoisotopic (exact) mass is 353 g/mol. The Labute approximate surface area is 131 Å². The van der Waals surface area contributed by atoms with Crippen LogP contribution in [-0.4, -0.2) is 13.1 Å². The van der Waals surface area contributed by atoms with Crippen molar-refractivity contribution in [2.45, 2.75) is 6.54 Å². The minimum absolute atomic E-state index is 0.331. The maximum atomic E-state index is 11.3. The number of benzene rings is 2. The van der Waals surface area contributed by atoms with Crippen LogP contribution in [0.15, 0.2) is 46.9 Å². The lowest BCUT2D eigenvalue weighted by Crippen LogP contribution is -2.03. The van der Waals surface area contributed by atoms with E-state index in [0.29, 0.717) is 17.1 Å². The summed E-state index contributed by atoms with van der Waals surface area (Å²) in [5.74, 6) is -0.331. The van der Waals surface area contributed by atoms with E-state index in [1.807, 2.05) is 30.3 Å². The zero-order valence-corrected chi connectivity index (χ0v) is 13.2. The van der Waals surface area contributed by atoms with Gasteiger partial charge in [0.25, 0.3) is 0 Å². The Hall–Kier alpha value is -1.52. The molecule has 104 valence electrons. The average molecular weight is 355 g/mol. The van der Waals surface area contributed by atoms with Gasteiger partial charge in [-0.1, -0.05) is 23.7 Å². The number of halogens is 2. The highest BCUT2D eigenvalue weighted by Crippen LogP contribution is 2.26. The molecule has 0 saturated carbocycles. The Morgan fingerprint density at radius 2 is 1.95 bits per heavy atom. The molecule has 0 saturated heterocycles. The van der Waals surface area contributed by atoms with E-state index in [9.17, 15) is 4.79 Å². The number of carbonyl (C=O) groups is 1. The molecule has 0 aromatic heterocycles. The van der Waals surface area contributed by atoms with E-state index in [1.54, 1.807) is 12.1 Å². The van der Waals surface area contributed by atoms with Gasteiger partial charge < -0.3 is 10.1 Å². The van der Waals surface area contributed by atoms with Crippen molar-refractivity contribution in [3.63, 3.8) is 0 Å². The van der Waals surface area contributed by atoms with Gasteiger partial charge in [-0.15, -0.1) is 0 Å². The summed E-state index contributed by atoms with van der Waals surface area (Å²) >= 11 is 9.42. The molecule has 2 rings (SSSR count). The molecule has 0 heterocycles. The second-order valence-corrected chi connectivity index (χ2v) is 5.46. The largest absolute Gasteiger partial charge is 0.465 e. The molecule has 0 aliphatic rings. The summed E-state index contributed by atoms with van der Waals surface area (Å²) in [6.45, 7) is 0.639. The van der Waals surface area contributed by atoms with Gasteiger partial charge in [0.1, 0.15) is 0 Å². The first-order chi connectivity index (χ1) is 9.60. The van der Waals surface area contributed by atoms with Crippen LogP contribution in [0.4, 0.5) is 5.69 Å². The quantitative estimate of drug-likeness (QED) is 0.822. The zero-order chi connectivity index (χ0) is 14.5. The standard InChI is InChI=1S/C15H13BrClNO2/c1-20-15(19)11-4-2-10(3-5-11)9-18-14-8-12(17)6-7-13(14)16/h2-8,18H,9H2,1H3. The van der Waals surface area contributed by atoms with E-state index < -0.39 is 0 Å². The molecule has 20 heavy (non-hydrogen) atoms. The Balaban J connectivity index is 2.04. The van der Waals surface area contributed by atoms with Gasteiger partial charge in [0.05, 0.1) is 18.4 Å². The summed E-state index contributed by atoms with van der Waals surface area (Å²) in [6.07, 6.45) is 0. The number of nitrogens with one attached hydrogen (secondary N) is 1. The summed E-state index contributed by atoms with van der Waals surface area (Å²) < 4.78 is 5.61. The van der Waals surface area contributed by atoms with Crippen molar-refractivity contribution in [1.82, 2.24) is 0 Å². The molecule has 0 radical (unpaired) electrons. The molecule has 3 nitrogen and oxygen atoms in total. The van der Waals surface area contributed by atoms with Crippen molar-refractivity contribution < 1.29 is 9.53 Å². The Morgan fingerprint density at radius 1 is 1.25 bits per heavy atom. The maximum absolute atomic E-state index is 11.3. The molecule has 2 aromatic rings. The highest BCUT2D eigenvalue weighted by Gasteiger charge is 2.05. The number of carbonyl (C=O) groups excluding carboxylic acids is 1. The number of anilines is 1. The molecular formula is C15H13BrClNO2. The molecule has 5 heteroatoms. The maximum Gasteiger partial charge on any atom is 0.337 e. The van der Waals surface area contributed by atoms with Crippen LogP contribution in [0.2, 0.25) is 5.02 Å². The van der Waals surface area contributed by atoms with Gasteiger partial charge in [-0.25, -0.2) is 4.79 Å². The molecule has 1 N–H and O–H groups in total. The molecule has 2 aromatic carbocycles. The fraction of sp³-hybridized carbons (Fsp3) is 0.133. The number of esters is 1. The summed E-state index contributed by atoms with van der Waals surface area (Å²) in [5.41, 5.74) is 2.53. The molecule has 0 unspecified atom stereocenters. The fourth-order valence-electron chi connectivity index (χ4n) is 1.71. The van der Waals surface area contributed by atoms with Crippen LogP contribution < -0.4 is 5.32 Å². The third-order valence-electron chi connectivity index (χ3n) is 2.79. The van der Waals surface area contributed by atoms with Crippen molar-refractivity contribution in [3.05, 3.63) is 63.1 Å². The Morgan fingerprint density at radius 3 is 2.60 bits per heavy atom. The van der Waals surface area contributed by atoms with Crippen LogP contribution in [0.25, 0.3) is 0 Å². The molecule has 0 fully saturated rings. The summed E-state index contributed by atoms with van der Waals surface area (Å²) in [4.78, 5) is 11.3. The van der Waals surface area contributed by atoms with E-state index in [2.05, 4.69) is 26.0 Å². The van der Waals surface area contributed by atoms with Gasteiger partial charge in [0.2, 0.25) is 0 Å². The first-order valence-corrected chi connectivity index (χ1v) is 7.13. The van der Waals surface area contributed by atoms with Gasteiger partial charge in [-0.3, -0.25) is 0 Å². The molecule has 0 amide bonds. The smallest absolute Gasteiger partial charge is 0.337 e. The predicted molar refractivity (Wildman–Crippen MR) is 84.3 cm³/mol. The summed E-state index contributed by atoms with van der Waals surface area (Å²) in [5, 5.41) is 3.96. The zero-order valence-electron chi connectivity index (χ0n) is 10.8. The van der Waals surface area contributed by atoms with E-state index in [4.69, 9.17) is 11.6 Å². The van der Waals surface area contributed by atoms with Crippen LogP contribution in [0.1, 0.15) is 15.9 Å². The first kappa shape index (κ1) is 14.9. The highest BCUT2D eigenvalue weighted by molar-refractivity contribution is 9.10. The Kier molecular flexibility index (Phi) is 5.04. The SMILES string of the molecule is COC(=O)c1ccc(CNc2cc(Cl)ccc2Br)cc1. The second-order valence-electron chi connectivity index (χ2n) is 4.17. The van der Waals surface area contributed by atoms with Gasteiger partial charge in [-0.05, 0) is 51.8 Å². The molecule has 0 spiro atoms. The topological polar surface area (TPSA) is 38.3 Å². The molecule has 0 aliphatic heterocycles. The highest BCUT2D eigenvalue weighted by atomic mass is 79.9. The van der Waals surface area contributed by atoms with E-state index in [-0.39, 0.29) is 5.97 Å². The minimum atomic E-state index is -0.331. The number of ether oxygens (including phenoxy) is 1. The lowest BCUT2D eigenvalue weighted by Gasteiger charge is -2.09. The van der Waals surface area contributed by atoms with Crippen LogP contribution in [0.5, 0.6) is 0 Å². The van der Waals surface area contributed by atoms with Crippen molar-refractivity contribution in [2.75, 3.05) is 12.4 Å². The predicted octanol–water partition coefficient (Wildman–Crippen LogP) is 4.50. The van der Waals surface area contributed by atoms with Crippen molar-refractivity contribution >= 4 is 39.2 Å².